The normalized spacial score (nSPS) is 41.2. The van der Waals surface area contributed by atoms with E-state index in [1.54, 1.807) is 0 Å². The van der Waals surface area contributed by atoms with Gasteiger partial charge in [0.25, 0.3) is 5.60 Å². The van der Waals surface area contributed by atoms with Gasteiger partial charge < -0.3 is 5.11 Å². The Balaban J connectivity index is 1.95. The van der Waals surface area contributed by atoms with E-state index in [4.69, 9.17) is 0 Å². The fourth-order valence-electron chi connectivity index (χ4n) is 5.13. The number of hydrogen-bond donors (Lipinski definition) is 1. The molecule has 7 heteroatoms. The molecular weight excluding hydrogens is 286 g/mol. The van der Waals surface area contributed by atoms with E-state index in [0.29, 0.717) is 12.8 Å². The summed E-state index contributed by atoms with van der Waals surface area (Å²) >= 11 is 0. The van der Waals surface area contributed by atoms with Gasteiger partial charge in [0.1, 0.15) is 0 Å². The Labute approximate surface area is 112 Å². The summed E-state index contributed by atoms with van der Waals surface area (Å²) in [5.41, 5.74) is -4.55. The van der Waals surface area contributed by atoms with Crippen molar-refractivity contribution in [3.8, 4) is 0 Å². The molecule has 1 N–H and O–H groups in total. The Morgan fingerprint density at radius 3 is 1.85 bits per heavy atom. The first-order chi connectivity index (χ1) is 9.07. The van der Waals surface area contributed by atoms with Crippen molar-refractivity contribution in [2.45, 2.75) is 50.1 Å². The number of halogens is 6. The average molecular weight is 302 g/mol. The molecule has 2 bridgehead atoms. The minimum absolute atomic E-state index is 0.0602. The first kappa shape index (κ1) is 14.5. The van der Waals surface area contributed by atoms with Crippen molar-refractivity contribution in [2.24, 2.45) is 29.6 Å². The SMILES string of the molecule is OC(C1CC2CC1C1CCCC21)(C(F)(F)F)C(F)(F)F. The lowest BCUT2D eigenvalue weighted by Gasteiger charge is -2.43. The fraction of sp³-hybridized carbons (Fsp3) is 1.00. The zero-order valence-corrected chi connectivity index (χ0v) is 10.6. The quantitative estimate of drug-likeness (QED) is 0.728. The van der Waals surface area contributed by atoms with Crippen LogP contribution in [0.2, 0.25) is 0 Å². The van der Waals surface area contributed by atoms with Crippen molar-refractivity contribution in [2.75, 3.05) is 0 Å². The molecule has 0 saturated heterocycles. The lowest BCUT2D eigenvalue weighted by Crippen LogP contribution is -2.63. The van der Waals surface area contributed by atoms with Gasteiger partial charge in [0, 0.05) is 5.92 Å². The lowest BCUT2D eigenvalue weighted by molar-refractivity contribution is -0.390. The fourth-order valence-corrected chi connectivity index (χ4v) is 5.13. The van der Waals surface area contributed by atoms with Crippen molar-refractivity contribution < 1.29 is 31.4 Å². The maximum Gasteiger partial charge on any atom is 0.426 e. The standard InChI is InChI=1S/C13H16F6O/c14-12(15,16)11(20,13(17,18)19)10-5-6-4-9(10)8-3-1-2-7(6)8/h6-10,20H,1-5H2. The van der Waals surface area contributed by atoms with Gasteiger partial charge in [-0.25, -0.2) is 0 Å². The van der Waals surface area contributed by atoms with Crippen LogP contribution in [-0.4, -0.2) is 23.1 Å². The van der Waals surface area contributed by atoms with E-state index in [9.17, 15) is 31.4 Å². The molecule has 116 valence electrons. The molecule has 0 heterocycles. The predicted molar refractivity (Wildman–Crippen MR) is 57.6 cm³/mol. The van der Waals surface area contributed by atoms with Gasteiger partial charge in [0.05, 0.1) is 0 Å². The zero-order valence-electron chi connectivity index (χ0n) is 10.6. The Morgan fingerprint density at radius 1 is 0.750 bits per heavy atom. The van der Waals surface area contributed by atoms with Gasteiger partial charge in [0.15, 0.2) is 0 Å². The Morgan fingerprint density at radius 2 is 1.30 bits per heavy atom. The highest BCUT2D eigenvalue weighted by molar-refractivity contribution is 5.12. The molecular formula is C13H16F6O. The van der Waals surface area contributed by atoms with Crippen LogP contribution < -0.4 is 0 Å². The van der Waals surface area contributed by atoms with Crippen LogP contribution in [0.3, 0.4) is 0 Å². The second kappa shape index (κ2) is 4.05. The summed E-state index contributed by atoms with van der Waals surface area (Å²) in [5, 5.41) is 9.58. The summed E-state index contributed by atoms with van der Waals surface area (Å²) in [4.78, 5) is 0. The van der Waals surface area contributed by atoms with Crippen LogP contribution >= 0.6 is 0 Å². The third kappa shape index (κ3) is 1.67. The van der Waals surface area contributed by atoms with Crippen LogP contribution in [0.1, 0.15) is 32.1 Å². The minimum atomic E-state index is -5.67. The minimum Gasteiger partial charge on any atom is -0.373 e. The van der Waals surface area contributed by atoms with Crippen molar-refractivity contribution in [1.29, 1.82) is 0 Å². The topological polar surface area (TPSA) is 20.2 Å². The third-order valence-electron chi connectivity index (χ3n) is 5.83. The Kier molecular flexibility index (Phi) is 2.93. The van der Waals surface area contributed by atoms with Crippen molar-refractivity contribution in [3.05, 3.63) is 0 Å². The summed E-state index contributed by atoms with van der Waals surface area (Å²) < 4.78 is 77.7. The van der Waals surface area contributed by atoms with Gasteiger partial charge in [-0.2, -0.15) is 26.3 Å². The highest BCUT2D eigenvalue weighted by Crippen LogP contribution is 2.66. The first-order valence-electron chi connectivity index (χ1n) is 6.93. The lowest BCUT2D eigenvalue weighted by atomic mass is 9.68. The smallest absolute Gasteiger partial charge is 0.373 e. The van der Waals surface area contributed by atoms with Gasteiger partial charge in [-0.1, -0.05) is 6.42 Å². The molecule has 3 aliphatic carbocycles. The van der Waals surface area contributed by atoms with Gasteiger partial charge in [-0.3, -0.25) is 0 Å². The van der Waals surface area contributed by atoms with Crippen LogP contribution in [0.25, 0.3) is 0 Å². The van der Waals surface area contributed by atoms with E-state index in [0.717, 1.165) is 12.8 Å². The highest BCUT2D eigenvalue weighted by atomic mass is 19.4. The van der Waals surface area contributed by atoms with Crippen molar-refractivity contribution in [3.63, 3.8) is 0 Å². The van der Waals surface area contributed by atoms with E-state index in [2.05, 4.69) is 0 Å². The molecule has 0 aromatic rings. The van der Waals surface area contributed by atoms with E-state index >= 15 is 0 Å². The third-order valence-corrected chi connectivity index (χ3v) is 5.83. The number of aliphatic hydroxyl groups is 1. The van der Waals surface area contributed by atoms with Gasteiger partial charge >= 0.3 is 12.4 Å². The summed E-state index contributed by atoms with van der Waals surface area (Å²) in [6.45, 7) is 0. The monoisotopic (exact) mass is 302 g/mol. The molecule has 0 aromatic carbocycles. The van der Waals surface area contributed by atoms with E-state index in [-0.39, 0.29) is 24.2 Å². The first-order valence-corrected chi connectivity index (χ1v) is 6.93. The summed E-state index contributed by atoms with van der Waals surface area (Å²) in [5.74, 6) is -2.22. The highest BCUT2D eigenvalue weighted by Gasteiger charge is 2.77. The predicted octanol–water partition coefficient (Wildman–Crippen LogP) is 3.91. The van der Waals surface area contributed by atoms with Crippen LogP contribution in [0.4, 0.5) is 26.3 Å². The molecule has 0 aromatic heterocycles. The van der Waals surface area contributed by atoms with Gasteiger partial charge in [0.2, 0.25) is 0 Å². The molecule has 0 radical (unpaired) electrons. The molecule has 20 heavy (non-hydrogen) atoms. The molecule has 0 amide bonds. The largest absolute Gasteiger partial charge is 0.426 e. The van der Waals surface area contributed by atoms with E-state index in [1.165, 1.54) is 0 Å². The van der Waals surface area contributed by atoms with Gasteiger partial charge in [-0.05, 0) is 49.4 Å². The number of fused-ring (bicyclic) bond motifs is 5. The summed E-state index contributed by atoms with van der Waals surface area (Å²) in [6.07, 6.45) is -8.59. The molecule has 3 fully saturated rings. The van der Waals surface area contributed by atoms with Crippen LogP contribution in [-0.2, 0) is 0 Å². The van der Waals surface area contributed by atoms with E-state index < -0.39 is 29.8 Å². The molecule has 3 saturated carbocycles. The van der Waals surface area contributed by atoms with Gasteiger partial charge in [-0.15, -0.1) is 0 Å². The summed E-state index contributed by atoms with van der Waals surface area (Å²) in [6, 6.07) is 0. The molecule has 5 unspecified atom stereocenters. The van der Waals surface area contributed by atoms with Crippen molar-refractivity contribution >= 4 is 0 Å². The molecule has 1 nitrogen and oxygen atoms in total. The molecule has 0 spiro atoms. The molecule has 3 rings (SSSR count). The number of hydrogen-bond acceptors (Lipinski definition) is 1. The number of rotatable bonds is 1. The van der Waals surface area contributed by atoms with Crippen LogP contribution in [0.5, 0.6) is 0 Å². The van der Waals surface area contributed by atoms with E-state index in [1.807, 2.05) is 0 Å². The summed E-state index contributed by atoms with van der Waals surface area (Å²) in [7, 11) is 0. The Hall–Kier alpha value is -0.460. The maximum atomic E-state index is 13.0. The second-order valence-corrected chi connectivity index (χ2v) is 6.52. The van der Waals surface area contributed by atoms with Crippen LogP contribution in [0.15, 0.2) is 0 Å². The molecule has 5 atom stereocenters. The van der Waals surface area contributed by atoms with Crippen LogP contribution in [0, 0.1) is 29.6 Å². The number of alkyl halides is 6. The molecule has 3 aliphatic rings. The zero-order chi connectivity index (χ0) is 14.9. The average Bonchev–Trinajstić information content (AvgIpc) is 2.96. The van der Waals surface area contributed by atoms with Crippen molar-refractivity contribution in [1.82, 2.24) is 0 Å². The second-order valence-electron chi connectivity index (χ2n) is 6.52. The molecule has 0 aliphatic heterocycles. The maximum absolute atomic E-state index is 13.0. The Bertz CT molecular complexity index is 387.